The SMILES string of the molecule is COc1ccc(-c2cc(-c3ccc(=O)[nH]c3)c(C#N)c(N)n2)cc1. The number of aromatic amines is 1. The van der Waals surface area contributed by atoms with Gasteiger partial charge in [0.2, 0.25) is 5.56 Å². The third-order valence-electron chi connectivity index (χ3n) is 3.64. The Morgan fingerprint density at radius 3 is 2.46 bits per heavy atom. The van der Waals surface area contributed by atoms with Gasteiger partial charge in [-0.3, -0.25) is 4.79 Å². The highest BCUT2D eigenvalue weighted by molar-refractivity contribution is 5.79. The van der Waals surface area contributed by atoms with Gasteiger partial charge < -0.3 is 15.5 Å². The lowest BCUT2D eigenvalue weighted by atomic mass is 9.99. The molecule has 0 amide bonds. The molecule has 0 aliphatic heterocycles. The van der Waals surface area contributed by atoms with Crippen LogP contribution < -0.4 is 16.0 Å². The molecule has 0 saturated heterocycles. The Labute approximate surface area is 138 Å². The molecule has 2 heterocycles. The number of nitrogens with one attached hydrogen (secondary N) is 1. The van der Waals surface area contributed by atoms with E-state index in [2.05, 4.69) is 16.0 Å². The minimum atomic E-state index is -0.213. The standard InChI is InChI=1S/C18H14N4O2/c1-24-13-5-2-11(3-6-13)16-8-14(15(9-19)18(20)22-16)12-4-7-17(23)21-10-12/h2-8,10H,1H3,(H2,20,22)(H,21,23). The summed E-state index contributed by atoms with van der Waals surface area (Å²) in [6.45, 7) is 0. The second-order valence-electron chi connectivity index (χ2n) is 5.10. The van der Waals surface area contributed by atoms with Gasteiger partial charge in [-0.2, -0.15) is 5.26 Å². The molecule has 0 bridgehead atoms. The summed E-state index contributed by atoms with van der Waals surface area (Å²) in [5.41, 5.74) is 8.81. The second-order valence-corrected chi connectivity index (χ2v) is 5.10. The minimum absolute atomic E-state index is 0.145. The van der Waals surface area contributed by atoms with E-state index in [9.17, 15) is 10.1 Å². The molecule has 0 fully saturated rings. The second kappa shape index (κ2) is 6.26. The van der Waals surface area contributed by atoms with Crippen molar-refractivity contribution in [1.29, 1.82) is 5.26 Å². The van der Waals surface area contributed by atoms with Crippen molar-refractivity contribution in [2.75, 3.05) is 12.8 Å². The van der Waals surface area contributed by atoms with Crippen molar-refractivity contribution in [3.63, 3.8) is 0 Å². The zero-order chi connectivity index (χ0) is 17.1. The summed E-state index contributed by atoms with van der Waals surface area (Å²) in [7, 11) is 1.60. The van der Waals surface area contributed by atoms with E-state index >= 15 is 0 Å². The summed E-state index contributed by atoms with van der Waals surface area (Å²) in [5, 5.41) is 9.39. The van der Waals surface area contributed by atoms with Crippen LogP contribution in [0.1, 0.15) is 5.56 Å². The first-order chi connectivity index (χ1) is 11.6. The van der Waals surface area contributed by atoms with Crippen LogP contribution in [0.2, 0.25) is 0 Å². The maximum atomic E-state index is 11.3. The topological polar surface area (TPSA) is 105 Å². The van der Waals surface area contributed by atoms with Crippen LogP contribution in [-0.2, 0) is 0 Å². The van der Waals surface area contributed by atoms with E-state index in [1.165, 1.54) is 6.07 Å². The number of nitrogens with two attached hydrogens (primary N) is 1. The quantitative estimate of drug-likeness (QED) is 0.772. The number of pyridine rings is 2. The van der Waals surface area contributed by atoms with E-state index in [0.717, 1.165) is 11.3 Å². The summed E-state index contributed by atoms with van der Waals surface area (Å²) in [6.07, 6.45) is 1.55. The highest BCUT2D eigenvalue weighted by atomic mass is 16.5. The van der Waals surface area contributed by atoms with E-state index in [-0.39, 0.29) is 16.9 Å². The lowest BCUT2D eigenvalue weighted by molar-refractivity contribution is 0.415. The number of hydrogen-bond donors (Lipinski definition) is 2. The fourth-order valence-electron chi connectivity index (χ4n) is 2.40. The van der Waals surface area contributed by atoms with Crippen molar-refractivity contribution in [3.8, 4) is 34.2 Å². The van der Waals surface area contributed by atoms with E-state index < -0.39 is 0 Å². The number of aromatic nitrogens is 2. The average molecular weight is 318 g/mol. The van der Waals surface area contributed by atoms with Crippen molar-refractivity contribution in [3.05, 3.63) is 64.6 Å². The van der Waals surface area contributed by atoms with Crippen LogP contribution in [0.15, 0.2) is 53.5 Å². The smallest absolute Gasteiger partial charge is 0.247 e. The summed E-state index contributed by atoms with van der Waals surface area (Å²) in [4.78, 5) is 18.2. The van der Waals surface area contributed by atoms with Gasteiger partial charge in [0.1, 0.15) is 23.2 Å². The molecular formula is C18H14N4O2. The van der Waals surface area contributed by atoms with Gasteiger partial charge in [-0.25, -0.2) is 4.98 Å². The fourth-order valence-corrected chi connectivity index (χ4v) is 2.40. The van der Waals surface area contributed by atoms with Crippen molar-refractivity contribution >= 4 is 5.82 Å². The maximum Gasteiger partial charge on any atom is 0.247 e. The zero-order valence-corrected chi connectivity index (χ0v) is 12.9. The van der Waals surface area contributed by atoms with E-state index in [1.54, 1.807) is 25.4 Å². The summed E-state index contributed by atoms with van der Waals surface area (Å²) in [5.74, 6) is 0.883. The number of nitrogens with zero attached hydrogens (tertiary/aromatic N) is 2. The highest BCUT2D eigenvalue weighted by Crippen LogP contribution is 2.31. The van der Waals surface area contributed by atoms with Gasteiger partial charge in [-0.05, 0) is 42.0 Å². The maximum absolute atomic E-state index is 11.3. The van der Waals surface area contributed by atoms with Gasteiger partial charge in [0.15, 0.2) is 0 Å². The van der Waals surface area contributed by atoms with Crippen LogP contribution in [0, 0.1) is 11.3 Å². The Balaban J connectivity index is 2.17. The van der Waals surface area contributed by atoms with Crippen molar-refractivity contribution in [1.82, 2.24) is 9.97 Å². The van der Waals surface area contributed by atoms with Crippen LogP contribution in [0.4, 0.5) is 5.82 Å². The number of ether oxygens (including phenoxy) is 1. The summed E-state index contributed by atoms with van der Waals surface area (Å²) < 4.78 is 5.15. The molecule has 2 aromatic heterocycles. The number of nitriles is 1. The predicted molar refractivity (Wildman–Crippen MR) is 91.4 cm³/mol. The molecule has 1 aromatic carbocycles. The molecule has 0 aliphatic carbocycles. The Morgan fingerprint density at radius 2 is 1.88 bits per heavy atom. The number of rotatable bonds is 3. The first-order valence-corrected chi connectivity index (χ1v) is 7.16. The largest absolute Gasteiger partial charge is 0.497 e. The number of hydrogen-bond acceptors (Lipinski definition) is 5. The Kier molecular flexibility index (Phi) is 4.00. The van der Waals surface area contributed by atoms with Crippen LogP contribution in [0.5, 0.6) is 5.75 Å². The van der Waals surface area contributed by atoms with Crippen molar-refractivity contribution in [2.45, 2.75) is 0 Å². The Morgan fingerprint density at radius 1 is 1.17 bits per heavy atom. The molecule has 0 saturated carbocycles. The van der Waals surface area contributed by atoms with E-state index in [4.69, 9.17) is 10.5 Å². The predicted octanol–water partition coefficient (Wildman–Crippen LogP) is 2.57. The molecule has 6 heteroatoms. The van der Waals surface area contributed by atoms with Crippen molar-refractivity contribution in [2.24, 2.45) is 0 Å². The number of methoxy groups -OCH3 is 1. The minimum Gasteiger partial charge on any atom is -0.497 e. The Bertz CT molecular complexity index is 965. The third-order valence-corrected chi connectivity index (χ3v) is 3.64. The molecule has 0 unspecified atom stereocenters. The highest BCUT2D eigenvalue weighted by Gasteiger charge is 2.13. The first-order valence-electron chi connectivity index (χ1n) is 7.16. The third kappa shape index (κ3) is 2.83. The lowest BCUT2D eigenvalue weighted by Gasteiger charge is -2.10. The molecule has 3 N–H and O–H groups in total. The molecule has 0 spiro atoms. The summed E-state index contributed by atoms with van der Waals surface area (Å²) in [6, 6.07) is 14.3. The van der Waals surface area contributed by atoms with Gasteiger partial charge in [-0.15, -0.1) is 0 Å². The number of benzene rings is 1. The Hall–Kier alpha value is -3.59. The van der Waals surface area contributed by atoms with Gasteiger partial charge in [0.05, 0.1) is 12.8 Å². The molecule has 0 atom stereocenters. The van der Waals surface area contributed by atoms with Crippen LogP contribution in [-0.4, -0.2) is 17.1 Å². The van der Waals surface area contributed by atoms with Crippen LogP contribution in [0.25, 0.3) is 22.4 Å². The zero-order valence-electron chi connectivity index (χ0n) is 12.9. The number of H-pyrrole nitrogens is 1. The van der Waals surface area contributed by atoms with Gasteiger partial charge in [-0.1, -0.05) is 0 Å². The number of nitrogen functional groups attached to an aromatic ring is 1. The summed E-state index contributed by atoms with van der Waals surface area (Å²) >= 11 is 0. The molecule has 3 aromatic rings. The van der Waals surface area contributed by atoms with Crippen LogP contribution >= 0.6 is 0 Å². The molecule has 24 heavy (non-hydrogen) atoms. The van der Waals surface area contributed by atoms with E-state index in [1.807, 2.05) is 24.3 Å². The molecule has 0 radical (unpaired) electrons. The molecular weight excluding hydrogens is 304 g/mol. The number of anilines is 1. The molecule has 3 rings (SSSR count). The molecule has 118 valence electrons. The average Bonchev–Trinajstić information content (AvgIpc) is 2.62. The lowest BCUT2D eigenvalue weighted by Crippen LogP contribution is -2.03. The van der Waals surface area contributed by atoms with Crippen molar-refractivity contribution < 1.29 is 4.74 Å². The molecule has 6 nitrogen and oxygen atoms in total. The first kappa shape index (κ1) is 15.3. The van der Waals surface area contributed by atoms with Crippen LogP contribution in [0.3, 0.4) is 0 Å². The van der Waals surface area contributed by atoms with Gasteiger partial charge in [0.25, 0.3) is 0 Å². The molecule has 0 aliphatic rings. The monoisotopic (exact) mass is 318 g/mol. The van der Waals surface area contributed by atoms with Gasteiger partial charge >= 0.3 is 0 Å². The normalized spacial score (nSPS) is 10.2. The fraction of sp³-hybridized carbons (Fsp3) is 0.0556. The van der Waals surface area contributed by atoms with E-state index in [0.29, 0.717) is 16.8 Å². The van der Waals surface area contributed by atoms with Gasteiger partial charge in [0, 0.05) is 23.4 Å².